The van der Waals surface area contributed by atoms with Crippen molar-refractivity contribution in [2.24, 2.45) is 5.73 Å². The highest BCUT2D eigenvalue weighted by atomic mass is 35.5. The SMILES string of the molecule is CC(=O)Nc1cc(Cl)c(-c2cccc(N)c2)cc1/C=C/C(=O)N1C2CCC1CN(Cc1ccc(F)cc1)C2.CC(=O)Nc1cc(Cl)c(-c2cccc(NC(N)=O)c2)cc1/C=C/C(=O)N1C2CCC1CN(Cc1ccc(F)cc1)C2. The van der Waals surface area contributed by atoms with Crippen LogP contribution in [0, 0.1) is 11.6 Å². The van der Waals surface area contributed by atoms with E-state index in [9.17, 15) is 32.8 Å². The normalized spacial score (nSPS) is 18.8. The minimum Gasteiger partial charge on any atom is -0.399 e. The Kier molecular flexibility index (Phi) is 17.6. The Balaban J connectivity index is 0.000000192. The minimum atomic E-state index is -0.679. The van der Waals surface area contributed by atoms with Crippen molar-refractivity contribution in [1.29, 1.82) is 0 Å². The van der Waals surface area contributed by atoms with Crippen LogP contribution in [-0.4, -0.2) is 99.6 Å². The summed E-state index contributed by atoms with van der Waals surface area (Å²) in [7, 11) is 0. The Labute approximate surface area is 468 Å². The van der Waals surface area contributed by atoms with Gasteiger partial charge in [0, 0.05) is 123 Å². The maximum Gasteiger partial charge on any atom is 0.316 e. The van der Waals surface area contributed by atoms with Crippen molar-refractivity contribution in [2.45, 2.75) is 76.8 Å². The van der Waals surface area contributed by atoms with Gasteiger partial charge in [0.2, 0.25) is 23.6 Å². The number of rotatable bonds is 13. The molecule has 7 N–H and O–H groups in total. The summed E-state index contributed by atoms with van der Waals surface area (Å²) in [6.45, 7) is 7.37. The summed E-state index contributed by atoms with van der Waals surface area (Å²) >= 11 is 13.2. The molecule has 6 aromatic carbocycles. The number of primary amides is 1. The number of nitrogens with two attached hydrogens (primary N) is 2. The average Bonchev–Trinajstić information content (AvgIpc) is 3.84. The number of anilines is 4. The topological polar surface area (TPSA) is 186 Å². The number of hydrogen-bond donors (Lipinski definition) is 5. The largest absolute Gasteiger partial charge is 0.399 e. The zero-order chi connectivity index (χ0) is 55.9. The molecule has 0 aromatic heterocycles. The molecule has 4 saturated heterocycles. The number of nitrogen functional groups attached to an aromatic ring is 1. The minimum absolute atomic E-state index is 0.0480. The van der Waals surface area contributed by atoms with Crippen molar-refractivity contribution >= 4 is 87.8 Å². The Morgan fingerprint density at radius 3 is 1.35 bits per heavy atom. The first kappa shape index (κ1) is 55.9. The number of nitrogens with one attached hydrogen (secondary N) is 3. The monoisotopic (exact) mass is 1110 g/mol. The van der Waals surface area contributed by atoms with Gasteiger partial charge >= 0.3 is 6.03 Å². The van der Waals surface area contributed by atoms with Crippen LogP contribution in [0.2, 0.25) is 10.0 Å². The van der Waals surface area contributed by atoms with Crippen molar-refractivity contribution in [1.82, 2.24) is 19.6 Å². The van der Waals surface area contributed by atoms with Crippen LogP contribution in [0.3, 0.4) is 0 Å². The fourth-order valence-corrected chi connectivity index (χ4v) is 11.8. The highest BCUT2D eigenvalue weighted by Gasteiger charge is 2.43. The van der Waals surface area contributed by atoms with E-state index in [0.29, 0.717) is 49.5 Å². The zero-order valence-electron chi connectivity index (χ0n) is 43.7. The summed E-state index contributed by atoms with van der Waals surface area (Å²) in [5, 5.41) is 9.02. The summed E-state index contributed by atoms with van der Waals surface area (Å²) in [5.74, 6) is -1.12. The Hall–Kier alpha value is -7.89. The summed E-state index contributed by atoms with van der Waals surface area (Å²) in [6, 6.07) is 34.4. The van der Waals surface area contributed by atoms with Crippen molar-refractivity contribution in [3.05, 3.63) is 177 Å². The van der Waals surface area contributed by atoms with Gasteiger partial charge in [0.25, 0.3) is 0 Å². The van der Waals surface area contributed by atoms with Gasteiger partial charge in [0.05, 0.1) is 10.0 Å². The number of hydrogen-bond acceptors (Lipinski definition) is 8. The number of fused-ring (bicyclic) bond motifs is 4. The van der Waals surface area contributed by atoms with Crippen LogP contribution in [-0.2, 0) is 32.3 Å². The van der Waals surface area contributed by atoms with E-state index in [0.717, 1.165) is 92.8 Å². The van der Waals surface area contributed by atoms with Crippen LogP contribution in [0.5, 0.6) is 0 Å². The maximum absolute atomic E-state index is 13.5. The maximum atomic E-state index is 13.5. The molecular weight excluding hydrogens is 1050 g/mol. The molecule has 0 saturated carbocycles. The summed E-state index contributed by atoms with van der Waals surface area (Å²) in [4.78, 5) is 70.5. The molecule has 18 heteroatoms. The third-order valence-electron chi connectivity index (χ3n) is 14.6. The molecule has 4 fully saturated rings. The molecule has 0 spiro atoms. The fraction of sp³-hybridized carbons (Fsp3) is 0.262. The Bertz CT molecular complexity index is 3310. The zero-order valence-corrected chi connectivity index (χ0v) is 45.2. The quantitative estimate of drug-likeness (QED) is 0.0558. The molecular formula is C61H61Cl2F2N9O5. The van der Waals surface area contributed by atoms with Gasteiger partial charge in [-0.3, -0.25) is 29.0 Å². The molecule has 6 amide bonds. The summed E-state index contributed by atoms with van der Waals surface area (Å²) in [5.41, 5.74) is 19.8. The van der Waals surface area contributed by atoms with Crippen LogP contribution >= 0.6 is 23.2 Å². The lowest BCUT2D eigenvalue weighted by Gasteiger charge is -2.40. The first-order chi connectivity index (χ1) is 37.9. The molecule has 4 atom stereocenters. The van der Waals surface area contributed by atoms with Gasteiger partial charge in [-0.05, 0) is 144 Å². The molecule has 4 heterocycles. The summed E-state index contributed by atoms with van der Waals surface area (Å²) < 4.78 is 26.6. The number of piperazine rings is 2. The highest BCUT2D eigenvalue weighted by molar-refractivity contribution is 6.34. The standard InChI is InChI=1S/C31H31ClFN5O3.C30H30ClFN4O2/c1-19(39)35-29-15-28(32)27(21-3-2-4-24(13-21)36-31(34)41)14-22(29)7-12-30(40)38-25-10-11-26(38)18-37(17-25)16-20-5-8-23(33)9-6-20;1-19(37)34-29-15-28(31)27(21-3-2-4-24(33)13-21)14-22(29)7-12-30(38)36-25-10-11-26(36)18-35(17-25)16-20-5-8-23(32)9-6-20/h2-9,12-15,25-26H,10-11,16-18H2,1H3,(H,35,39)(H3,34,36,41);2-9,12-15,25-26H,10-11,16-18,33H2,1H3,(H,34,37)/b2*12-7+. The van der Waals surface area contributed by atoms with Gasteiger partial charge < -0.3 is 37.2 Å². The Morgan fingerprint density at radius 2 is 0.962 bits per heavy atom. The number of benzene rings is 6. The van der Waals surface area contributed by atoms with Gasteiger partial charge in [-0.1, -0.05) is 71.7 Å². The van der Waals surface area contributed by atoms with E-state index in [4.69, 9.17) is 34.7 Å². The van der Waals surface area contributed by atoms with E-state index in [1.54, 1.807) is 78.9 Å². The van der Waals surface area contributed by atoms with Gasteiger partial charge in [0.15, 0.2) is 0 Å². The second-order valence-corrected chi connectivity index (χ2v) is 21.3. The third-order valence-corrected chi connectivity index (χ3v) is 15.2. The van der Waals surface area contributed by atoms with E-state index in [2.05, 4.69) is 25.8 Å². The van der Waals surface area contributed by atoms with Crippen LogP contribution in [0.1, 0.15) is 61.8 Å². The van der Waals surface area contributed by atoms with E-state index >= 15 is 0 Å². The molecule has 4 unspecified atom stereocenters. The molecule has 0 radical (unpaired) electrons. The first-order valence-electron chi connectivity index (χ1n) is 26.1. The molecule has 10 rings (SSSR count). The second-order valence-electron chi connectivity index (χ2n) is 20.5. The lowest BCUT2D eigenvalue weighted by molar-refractivity contribution is -0.132. The van der Waals surface area contributed by atoms with E-state index in [1.165, 1.54) is 38.1 Å². The Morgan fingerprint density at radius 1 is 0.557 bits per heavy atom. The molecule has 4 aliphatic heterocycles. The van der Waals surface area contributed by atoms with Gasteiger partial charge in [-0.15, -0.1) is 0 Å². The predicted octanol–water partition coefficient (Wildman–Crippen LogP) is 11.1. The lowest BCUT2D eigenvalue weighted by atomic mass is 10.0. The number of carbonyl (C=O) groups excluding carboxylic acids is 5. The van der Waals surface area contributed by atoms with Crippen LogP contribution in [0.15, 0.2) is 133 Å². The number of likely N-dealkylation sites (tertiary alicyclic amines) is 2. The predicted molar refractivity (Wildman–Crippen MR) is 309 cm³/mol. The first-order valence-corrected chi connectivity index (χ1v) is 26.9. The van der Waals surface area contributed by atoms with Crippen molar-refractivity contribution in [2.75, 3.05) is 47.9 Å². The number of carbonyl (C=O) groups is 5. The van der Waals surface area contributed by atoms with E-state index in [1.807, 2.05) is 52.3 Å². The van der Waals surface area contributed by atoms with Crippen LogP contribution in [0.4, 0.5) is 36.3 Å². The van der Waals surface area contributed by atoms with Gasteiger partial charge in [-0.2, -0.15) is 0 Å². The second kappa shape index (κ2) is 24.8. The highest BCUT2D eigenvalue weighted by Crippen LogP contribution is 2.38. The van der Waals surface area contributed by atoms with Gasteiger partial charge in [0.1, 0.15) is 11.6 Å². The molecule has 4 bridgehead atoms. The number of nitrogens with zero attached hydrogens (tertiary/aromatic N) is 4. The molecule has 408 valence electrons. The third kappa shape index (κ3) is 14.1. The van der Waals surface area contributed by atoms with E-state index < -0.39 is 6.03 Å². The number of urea groups is 1. The smallest absolute Gasteiger partial charge is 0.316 e. The summed E-state index contributed by atoms with van der Waals surface area (Å²) in [6.07, 6.45) is 10.4. The average molecular weight is 1110 g/mol. The van der Waals surface area contributed by atoms with Crippen molar-refractivity contribution < 1.29 is 32.8 Å². The van der Waals surface area contributed by atoms with Crippen molar-refractivity contribution in [3.8, 4) is 22.3 Å². The molecule has 79 heavy (non-hydrogen) atoms. The molecule has 0 aliphatic carbocycles. The number of amides is 6. The van der Waals surface area contributed by atoms with Crippen LogP contribution < -0.4 is 27.4 Å². The molecule has 14 nitrogen and oxygen atoms in total. The number of halogens is 4. The fourth-order valence-electron chi connectivity index (χ4n) is 11.3. The lowest BCUT2D eigenvalue weighted by Crippen LogP contribution is -2.55. The molecule has 4 aliphatic rings. The molecule has 6 aromatic rings. The van der Waals surface area contributed by atoms with E-state index in [-0.39, 0.29) is 59.4 Å². The van der Waals surface area contributed by atoms with Crippen molar-refractivity contribution in [3.63, 3.8) is 0 Å². The van der Waals surface area contributed by atoms with Gasteiger partial charge in [-0.25, -0.2) is 13.6 Å². The van der Waals surface area contributed by atoms with Crippen LogP contribution in [0.25, 0.3) is 34.4 Å².